The maximum atomic E-state index is 11.3. The highest BCUT2D eigenvalue weighted by Crippen LogP contribution is 2.26. The molecular weight excluding hydrogens is 212 g/mol. The smallest absolute Gasteiger partial charge is 0.161 e. The van der Waals surface area contributed by atoms with Gasteiger partial charge in [0.15, 0.2) is 5.78 Å². The van der Waals surface area contributed by atoms with Gasteiger partial charge in [-0.25, -0.2) is 0 Å². The van der Waals surface area contributed by atoms with E-state index in [1.165, 1.54) is 12.8 Å². The van der Waals surface area contributed by atoms with E-state index in [4.69, 9.17) is 5.73 Å². The predicted molar refractivity (Wildman–Crippen MR) is 71.5 cm³/mol. The van der Waals surface area contributed by atoms with E-state index >= 15 is 0 Å². The minimum atomic E-state index is 0.0288. The van der Waals surface area contributed by atoms with E-state index in [0.717, 1.165) is 24.7 Å². The maximum Gasteiger partial charge on any atom is 0.161 e. The van der Waals surface area contributed by atoms with E-state index in [0.29, 0.717) is 11.3 Å². The second kappa shape index (κ2) is 4.78. The molecule has 0 bridgehead atoms. The topological polar surface area (TPSA) is 46.3 Å². The summed E-state index contributed by atoms with van der Waals surface area (Å²) in [5, 5.41) is 0. The number of Topliss-reactive ketones (excluding diaryl/α,β-unsaturated/α-hetero) is 1. The van der Waals surface area contributed by atoms with E-state index in [1.807, 2.05) is 18.2 Å². The molecule has 3 heteroatoms. The number of benzene rings is 1. The summed E-state index contributed by atoms with van der Waals surface area (Å²) in [6.07, 6.45) is 2.53. The van der Waals surface area contributed by atoms with Crippen LogP contribution in [0.4, 0.5) is 11.4 Å². The van der Waals surface area contributed by atoms with Crippen LogP contribution in [-0.2, 0) is 0 Å². The molecule has 0 spiro atoms. The standard InChI is InChI=1S/C14H20N2O/c1-10-4-3-7-16(9-10)12-5-6-13(11(2)17)14(15)8-12/h5-6,8,10H,3-4,7,9,15H2,1-2H3. The number of carbonyl (C=O) groups excluding carboxylic acids is 1. The molecule has 1 aliphatic heterocycles. The molecule has 0 aliphatic carbocycles. The zero-order chi connectivity index (χ0) is 12.4. The highest BCUT2D eigenvalue weighted by molar-refractivity contribution is 5.99. The third kappa shape index (κ3) is 2.60. The third-order valence-electron chi connectivity index (χ3n) is 3.44. The van der Waals surface area contributed by atoms with Crippen molar-refractivity contribution < 1.29 is 4.79 Å². The lowest BCUT2D eigenvalue weighted by atomic mass is 9.99. The van der Waals surface area contributed by atoms with Gasteiger partial charge in [0.2, 0.25) is 0 Å². The van der Waals surface area contributed by atoms with Gasteiger partial charge in [-0.1, -0.05) is 6.92 Å². The number of nitrogen functional groups attached to an aromatic ring is 1. The molecule has 1 aromatic rings. The fraction of sp³-hybridized carbons (Fsp3) is 0.500. The van der Waals surface area contributed by atoms with Crippen LogP contribution < -0.4 is 10.6 Å². The van der Waals surface area contributed by atoms with Crippen LogP contribution in [0.1, 0.15) is 37.0 Å². The average molecular weight is 232 g/mol. The molecule has 0 saturated carbocycles. The SMILES string of the molecule is CC(=O)c1ccc(N2CCCC(C)C2)cc1N. The van der Waals surface area contributed by atoms with Crippen LogP contribution >= 0.6 is 0 Å². The van der Waals surface area contributed by atoms with Gasteiger partial charge in [0.05, 0.1) is 0 Å². The maximum absolute atomic E-state index is 11.3. The highest BCUT2D eigenvalue weighted by Gasteiger charge is 2.17. The number of rotatable bonds is 2. The van der Waals surface area contributed by atoms with Crippen LogP contribution in [0.15, 0.2) is 18.2 Å². The minimum absolute atomic E-state index is 0.0288. The Morgan fingerprint density at radius 3 is 2.82 bits per heavy atom. The van der Waals surface area contributed by atoms with E-state index in [-0.39, 0.29) is 5.78 Å². The van der Waals surface area contributed by atoms with Crippen molar-refractivity contribution in [3.05, 3.63) is 23.8 Å². The zero-order valence-corrected chi connectivity index (χ0v) is 10.6. The van der Waals surface area contributed by atoms with E-state index < -0.39 is 0 Å². The summed E-state index contributed by atoms with van der Waals surface area (Å²) < 4.78 is 0. The molecular formula is C14H20N2O. The molecule has 1 unspecified atom stereocenters. The van der Waals surface area contributed by atoms with Crippen molar-refractivity contribution in [1.29, 1.82) is 0 Å². The van der Waals surface area contributed by atoms with Crippen molar-refractivity contribution in [3.63, 3.8) is 0 Å². The van der Waals surface area contributed by atoms with Gasteiger partial charge >= 0.3 is 0 Å². The van der Waals surface area contributed by atoms with Crippen molar-refractivity contribution in [3.8, 4) is 0 Å². The summed E-state index contributed by atoms with van der Waals surface area (Å²) in [4.78, 5) is 13.7. The Morgan fingerprint density at radius 1 is 1.47 bits per heavy atom. The van der Waals surface area contributed by atoms with Crippen molar-refractivity contribution >= 4 is 17.2 Å². The molecule has 1 aliphatic rings. The Kier molecular flexibility index (Phi) is 3.36. The van der Waals surface area contributed by atoms with Crippen LogP contribution in [0.3, 0.4) is 0 Å². The number of carbonyl (C=O) groups is 1. The number of nitrogens with two attached hydrogens (primary N) is 1. The minimum Gasteiger partial charge on any atom is -0.398 e. The van der Waals surface area contributed by atoms with Crippen molar-refractivity contribution in [1.82, 2.24) is 0 Å². The van der Waals surface area contributed by atoms with E-state index in [1.54, 1.807) is 6.92 Å². The quantitative estimate of drug-likeness (QED) is 0.630. The molecule has 2 N–H and O–H groups in total. The number of anilines is 2. The molecule has 1 fully saturated rings. The molecule has 92 valence electrons. The number of hydrogen-bond acceptors (Lipinski definition) is 3. The summed E-state index contributed by atoms with van der Waals surface area (Å²) in [5.41, 5.74) is 8.27. The van der Waals surface area contributed by atoms with Crippen LogP contribution in [0.5, 0.6) is 0 Å². The number of piperidine rings is 1. The second-order valence-corrected chi connectivity index (χ2v) is 5.02. The number of hydrogen-bond donors (Lipinski definition) is 1. The average Bonchev–Trinajstić information content (AvgIpc) is 2.28. The largest absolute Gasteiger partial charge is 0.398 e. The normalized spacial score (nSPS) is 20.4. The molecule has 1 aromatic carbocycles. The van der Waals surface area contributed by atoms with Gasteiger partial charge < -0.3 is 10.6 Å². The van der Waals surface area contributed by atoms with E-state index in [2.05, 4.69) is 11.8 Å². The van der Waals surface area contributed by atoms with Crippen molar-refractivity contribution in [2.24, 2.45) is 5.92 Å². The van der Waals surface area contributed by atoms with Crippen LogP contribution in [0.25, 0.3) is 0 Å². The van der Waals surface area contributed by atoms with Crippen LogP contribution in [-0.4, -0.2) is 18.9 Å². The fourth-order valence-electron chi connectivity index (χ4n) is 2.49. The van der Waals surface area contributed by atoms with Crippen molar-refractivity contribution in [2.45, 2.75) is 26.7 Å². The fourth-order valence-corrected chi connectivity index (χ4v) is 2.49. The number of ketones is 1. The van der Waals surface area contributed by atoms with E-state index in [9.17, 15) is 4.79 Å². The Labute approximate surface area is 103 Å². The molecule has 2 rings (SSSR count). The second-order valence-electron chi connectivity index (χ2n) is 5.02. The predicted octanol–water partition coefficient (Wildman–Crippen LogP) is 2.71. The van der Waals surface area contributed by atoms with Gasteiger partial charge in [0.25, 0.3) is 0 Å². The zero-order valence-electron chi connectivity index (χ0n) is 10.6. The lowest BCUT2D eigenvalue weighted by molar-refractivity contribution is 0.101. The first-order chi connectivity index (χ1) is 8.08. The molecule has 1 saturated heterocycles. The summed E-state index contributed by atoms with van der Waals surface area (Å²) in [6.45, 7) is 6.00. The Hall–Kier alpha value is -1.51. The Balaban J connectivity index is 2.22. The van der Waals surface area contributed by atoms with Crippen molar-refractivity contribution in [2.75, 3.05) is 23.7 Å². The molecule has 0 radical (unpaired) electrons. The van der Waals surface area contributed by atoms with Gasteiger partial charge in [-0.3, -0.25) is 4.79 Å². The first-order valence-electron chi connectivity index (χ1n) is 6.23. The van der Waals surface area contributed by atoms with Crippen LogP contribution in [0, 0.1) is 5.92 Å². The molecule has 0 amide bonds. The number of nitrogens with zero attached hydrogens (tertiary/aromatic N) is 1. The van der Waals surface area contributed by atoms with Gasteiger partial charge in [-0.2, -0.15) is 0 Å². The monoisotopic (exact) mass is 232 g/mol. The lowest BCUT2D eigenvalue weighted by Crippen LogP contribution is -2.34. The summed E-state index contributed by atoms with van der Waals surface area (Å²) in [7, 11) is 0. The Morgan fingerprint density at radius 2 is 2.24 bits per heavy atom. The summed E-state index contributed by atoms with van der Waals surface area (Å²) in [6, 6.07) is 5.77. The summed E-state index contributed by atoms with van der Waals surface area (Å²) >= 11 is 0. The highest BCUT2D eigenvalue weighted by atomic mass is 16.1. The molecule has 1 atom stereocenters. The first kappa shape index (κ1) is 12.0. The molecule has 0 aromatic heterocycles. The van der Waals surface area contributed by atoms with Gasteiger partial charge in [-0.05, 0) is 43.9 Å². The lowest BCUT2D eigenvalue weighted by Gasteiger charge is -2.33. The first-order valence-corrected chi connectivity index (χ1v) is 6.23. The van der Waals surface area contributed by atoms with Gasteiger partial charge in [0.1, 0.15) is 0 Å². The summed E-state index contributed by atoms with van der Waals surface area (Å²) in [5.74, 6) is 0.763. The third-order valence-corrected chi connectivity index (χ3v) is 3.44. The van der Waals surface area contributed by atoms with Gasteiger partial charge in [0, 0.05) is 30.0 Å². The molecule has 1 heterocycles. The Bertz CT molecular complexity index is 428. The molecule has 3 nitrogen and oxygen atoms in total. The van der Waals surface area contributed by atoms with Crippen LogP contribution in [0.2, 0.25) is 0 Å². The van der Waals surface area contributed by atoms with Gasteiger partial charge in [-0.15, -0.1) is 0 Å². The molecule has 17 heavy (non-hydrogen) atoms.